The molecule has 0 fully saturated rings. The van der Waals surface area contributed by atoms with Crippen LogP contribution in [0.2, 0.25) is 0 Å². The zero-order chi connectivity index (χ0) is 29.1. The van der Waals surface area contributed by atoms with Crippen molar-refractivity contribution in [3.05, 3.63) is 123 Å². The number of aryl methyl sites for hydroxylation is 1. The minimum Gasteiger partial charge on any atom is -0.290 e. The number of nitro groups is 1. The highest BCUT2D eigenvalue weighted by molar-refractivity contribution is 7.92. The van der Waals surface area contributed by atoms with E-state index in [-0.39, 0.29) is 16.5 Å². The fourth-order valence-electron chi connectivity index (χ4n) is 4.12. The van der Waals surface area contributed by atoms with Crippen molar-refractivity contribution in [3.63, 3.8) is 0 Å². The fraction of sp³-hybridized carbons (Fsp3) is 0.0714. The molecule has 2 aromatic heterocycles. The van der Waals surface area contributed by atoms with Gasteiger partial charge in [0.05, 0.1) is 38.2 Å². The number of nitro benzene ring substituents is 1. The molecule has 0 bridgehead atoms. The maximum Gasteiger partial charge on any atom is 0.280 e. The van der Waals surface area contributed by atoms with E-state index in [4.69, 9.17) is 0 Å². The summed E-state index contributed by atoms with van der Waals surface area (Å²) in [4.78, 5) is 36.7. The smallest absolute Gasteiger partial charge is 0.280 e. The van der Waals surface area contributed by atoms with Crippen molar-refractivity contribution in [2.45, 2.75) is 18.7 Å². The second kappa shape index (κ2) is 11.0. The van der Waals surface area contributed by atoms with Crippen LogP contribution in [0.1, 0.15) is 18.2 Å². The number of non-ortho nitro benzene ring substituents is 1. The normalized spacial score (nSPS) is 11.8. The molecule has 0 saturated carbocycles. The lowest BCUT2D eigenvalue weighted by atomic mass is 10.1. The summed E-state index contributed by atoms with van der Waals surface area (Å²) in [6.45, 7) is 3.40. The molecule has 0 amide bonds. The predicted molar refractivity (Wildman–Crippen MR) is 154 cm³/mol. The third kappa shape index (κ3) is 5.79. The largest absolute Gasteiger partial charge is 0.290 e. The van der Waals surface area contributed by atoms with Crippen LogP contribution in [0.5, 0.6) is 0 Å². The van der Waals surface area contributed by atoms with Gasteiger partial charge in [-0.15, -0.1) is 0 Å². The number of benzene rings is 3. The first-order valence-electron chi connectivity index (χ1n) is 12.3. The topological polar surface area (TPSA) is 165 Å². The Balaban J connectivity index is 1.50. The summed E-state index contributed by atoms with van der Waals surface area (Å²) in [5, 5.41) is 14.2. The minimum absolute atomic E-state index is 0.00800. The molecule has 41 heavy (non-hydrogen) atoms. The van der Waals surface area contributed by atoms with E-state index in [0.29, 0.717) is 34.0 Å². The Kier molecular flexibility index (Phi) is 7.27. The number of aliphatic imine (C=N–C) groups is 1. The molecule has 206 valence electrons. The SMILES string of the molecule is CC(=Nc1ccc(S(=O)(=O)Nc2nccc(C)n2)cc1)c1c(-c2ccccc2)[nH]n(-c2ccc([N+](=O)[O-])cc2)c1=O. The molecule has 5 rings (SSSR count). The van der Waals surface area contributed by atoms with Gasteiger partial charge < -0.3 is 0 Å². The number of rotatable bonds is 8. The van der Waals surface area contributed by atoms with Crippen LogP contribution in [-0.2, 0) is 10.0 Å². The van der Waals surface area contributed by atoms with Crippen LogP contribution in [0.3, 0.4) is 0 Å². The van der Waals surface area contributed by atoms with Gasteiger partial charge in [-0.1, -0.05) is 30.3 Å². The number of nitrogens with zero attached hydrogens (tertiary/aromatic N) is 5. The van der Waals surface area contributed by atoms with Gasteiger partial charge >= 0.3 is 0 Å². The van der Waals surface area contributed by atoms with Gasteiger partial charge in [0.15, 0.2) is 0 Å². The molecule has 3 aromatic carbocycles. The van der Waals surface area contributed by atoms with Crippen molar-refractivity contribution in [1.29, 1.82) is 0 Å². The summed E-state index contributed by atoms with van der Waals surface area (Å²) in [5.41, 5.74) is 2.88. The van der Waals surface area contributed by atoms with Gasteiger partial charge in [0.1, 0.15) is 0 Å². The van der Waals surface area contributed by atoms with Crippen molar-refractivity contribution in [1.82, 2.24) is 19.7 Å². The highest BCUT2D eigenvalue weighted by atomic mass is 32.2. The van der Waals surface area contributed by atoms with Crippen LogP contribution in [0.4, 0.5) is 17.3 Å². The molecule has 2 N–H and O–H groups in total. The Morgan fingerprint density at radius 2 is 1.68 bits per heavy atom. The van der Waals surface area contributed by atoms with Gasteiger partial charge in [-0.05, 0) is 56.3 Å². The first-order valence-corrected chi connectivity index (χ1v) is 13.7. The molecule has 0 saturated heterocycles. The number of aromatic nitrogens is 4. The zero-order valence-electron chi connectivity index (χ0n) is 21.8. The van der Waals surface area contributed by atoms with E-state index in [0.717, 1.165) is 5.56 Å². The van der Waals surface area contributed by atoms with E-state index in [9.17, 15) is 23.3 Å². The average Bonchev–Trinajstić information content (AvgIpc) is 3.30. The molecular weight excluding hydrogens is 546 g/mol. The molecule has 0 spiro atoms. The molecule has 0 aliphatic carbocycles. The fourth-order valence-corrected chi connectivity index (χ4v) is 5.07. The van der Waals surface area contributed by atoms with E-state index in [2.05, 4.69) is 24.8 Å². The molecule has 0 aliphatic rings. The van der Waals surface area contributed by atoms with Crippen LogP contribution in [0.15, 0.2) is 106 Å². The molecule has 0 radical (unpaired) electrons. The monoisotopic (exact) mass is 569 g/mol. The summed E-state index contributed by atoms with van der Waals surface area (Å²) in [6.07, 6.45) is 1.46. The van der Waals surface area contributed by atoms with E-state index < -0.39 is 20.5 Å². The summed E-state index contributed by atoms with van der Waals surface area (Å²) >= 11 is 0. The maximum atomic E-state index is 13.6. The van der Waals surface area contributed by atoms with Gasteiger partial charge in [0.2, 0.25) is 5.95 Å². The number of anilines is 1. The second-order valence-electron chi connectivity index (χ2n) is 8.96. The average molecular weight is 570 g/mol. The van der Waals surface area contributed by atoms with Gasteiger partial charge in [0, 0.05) is 29.6 Å². The van der Waals surface area contributed by atoms with Crippen molar-refractivity contribution in [2.24, 2.45) is 4.99 Å². The van der Waals surface area contributed by atoms with Crippen molar-refractivity contribution in [3.8, 4) is 16.9 Å². The Morgan fingerprint density at radius 3 is 2.32 bits per heavy atom. The van der Waals surface area contributed by atoms with E-state index >= 15 is 0 Å². The van der Waals surface area contributed by atoms with E-state index in [1.165, 1.54) is 59.4 Å². The molecule has 0 aliphatic heterocycles. The van der Waals surface area contributed by atoms with Crippen molar-refractivity contribution < 1.29 is 13.3 Å². The molecule has 5 aromatic rings. The highest BCUT2D eigenvalue weighted by Crippen LogP contribution is 2.25. The van der Waals surface area contributed by atoms with Crippen molar-refractivity contribution >= 4 is 33.1 Å². The van der Waals surface area contributed by atoms with E-state index in [1.54, 1.807) is 19.9 Å². The Hall–Kier alpha value is -5.43. The molecule has 0 unspecified atom stereocenters. The van der Waals surface area contributed by atoms with Gasteiger partial charge in [-0.25, -0.2) is 27.8 Å². The molecule has 2 heterocycles. The number of hydrogen-bond donors (Lipinski definition) is 2. The first kappa shape index (κ1) is 27.1. The predicted octanol–water partition coefficient (Wildman–Crippen LogP) is 4.78. The van der Waals surface area contributed by atoms with Gasteiger partial charge in [0.25, 0.3) is 21.3 Å². The quantitative estimate of drug-likeness (QED) is 0.154. The third-order valence-electron chi connectivity index (χ3n) is 6.10. The lowest BCUT2D eigenvalue weighted by Gasteiger charge is -2.07. The van der Waals surface area contributed by atoms with E-state index in [1.807, 2.05) is 30.3 Å². The lowest BCUT2D eigenvalue weighted by molar-refractivity contribution is -0.384. The van der Waals surface area contributed by atoms with Crippen LogP contribution in [0, 0.1) is 17.0 Å². The summed E-state index contributed by atoms with van der Waals surface area (Å²) in [5.74, 6) is -0.0341. The molecule has 0 atom stereocenters. The summed E-state index contributed by atoms with van der Waals surface area (Å²) in [7, 11) is -3.94. The van der Waals surface area contributed by atoms with Crippen LogP contribution >= 0.6 is 0 Å². The standard InChI is InChI=1S/C28H23N7O5S/c1-18-16-17-29-28(30-18)33-41(39,40)24-14-8-21(9-15-24)31-19(2)25-26(20-6-4-3-5-7-20)32-34(27(25)36)22-10-12-23(13-11-22)35(37)38/h3-17,32H,1-2H3,(H,29,30,33). The Morgan fingerprint density at radius 1 is 1.00 bits per heavy atom. The summed E-state index contributed by atoms with van der Waals surface area (Å²) in [6, 6.07) is 22.3. The zero-order valence-corrected chi connectivity index (χ0v) is 22.7. The van der Waals surface area contributed by atoms with Crippen LogP contribution in [-0.4, -0.2) is 38.8 Å². The number of hydrogen-bond acceptors (Lipinski definition) is 8. The maximum absolute atomic E-state index is 13.6. The highest BCUT2D eigenvalue weighted by Gasteiger charge is 2.20. The minimum atomic E-state index is -3.94. The van der Waals surface area contributed by atoms with Crippen LogP contribution in [0.25, 0.3) is 16.9 Å². The number of nitrogens with one attached hydrogen (secondary N) is 2. The van der Waals surface area contributed by atoms with Gasteiger partial charge in [-0.2, -0.15) is 0 Å². The Labute approximate surface area is 234 Å². The molecule has 13 heteroatoms. The third-order valence-corrected chi connectivity index (χ3v) is 7.44. The second-order valence-corrected chi connectivity index (χ2v) is 10.6. The lowest BCUT2D eigenvalue weighted by Crippen LogP contribution is -2.19. The number of H-pyrrole nitrogens is 1. The molecular formula is C28H23N7O5S. The van der Waals surface area contributed by atoms with Gasteiger partial charge in [-0.3, -0.25) is 25.0 Å². The molecule has 12 nitrogen and oxygen atoms in total. The number of aromatic amines is 1. The van der Waals surface area contributed by atoms with Crippen molar-refractivity contribution in [2.75, 3.05) is 4.72 Å². The summed E-state index contributed by atoms with van der Waals surface area (Å²) < 4.78 is 29.2. The Bertz CT molecular complexity index is 1930. The van der Waals surface area contributed by atoms with Crippen LogP contribution < -0.4 is 10.3 Å². The number of sulfonamides is 1. The first-order chi connectivity index (χ1) is 19.6.